The molecule has 0 fully saturated rings. The maximum absolute atomic E-state index is 13.3. The van der Waals surface area contributed by atoms with Gasteiger partial charge in [-0.3, -0.25) is 4.79 Å². The maximum Gasteiger partial charge on any atom is 0.221 e. The van der Waals surface area contributed by atoms with Crippen molar-refractivity contribution in [1.82, 2.24) is 10.3 Å². The highest BCUT2D eigenvalue weighted by Crippen LogP contribution is 2.16. The van der Waals surface area contributed by atoms with E-state index in [4.69, 9.17) is 5.73 Å². The Kier molecular flexibility index (Phi) is 5.47. The zero-order valence-corrected chi connectivity index (χ0v) is 11.0. The molecule has 0 bridgehead atoms. The van der Waals surface area contributed by atoms with Crippen LogP contribution in [-0.4, -0.2) is 24.0 Å². The Labute approximate surface area is 110 Å². The minimum atomic E-state index is -0.905. The molecule has 0 atom stereocenters. The van der Waals surface area contributed by atoms with Crippen LogP contribution in [0.3, 0.4) is 0 Å². The van der Waals surface area contributed by atoms with Gasteiger partial charge in [0.25, 0.3) is 0 Å². The second-order valence-corrected chi connectivity index (χ2v) is 4.56. The number of anilines is 2. The van der Waals surface area contributed by atoms with Crippen LogP contribution in [0.25, 0.3) is 0 Å². The molecule has 106 valence electrons. The van der Waals surface area contributed by atoms with E-state index < -0.39 is 11.6 Å². The molecule has 0 aromatic carbocycles. The Morgan fingerprint density at radius 1 is 1.42 bits per heavy atom. The summed E-state index contributed by atoms with van der Waals surface area (Å²) in [4.78, 5) is 14.9. The summed E-state index contributed by atoms with van der Waals surface area (Å²) in [5.74, 6) is -2.06. The number of halogens is 2. The SMILES string of the molecule is CC(C)CNC(=O)CCNc1nc(N)c(F)cc1F. The summed E-state index contributed by atoms with van der Waals surface area (Å²) in [6.07, 6.45) is 0.172. The molecule has 4 N–H and O–H groups in total. The van der Waals surface area contributed by atoms with Gasteiger partial charge >= 0.3 is 0 Å². The minimum absolute atomic E-state index is 0.142. The van der Waals surface area contributed by atoms with Gasteiger partial charge in [0.1, 0.15) is 0 Å². The number of carbonyl (C=O) groups excluding carboxylic acids is 1. The molecule has 0 spiro atoms. The molecule has 0 radical (unpaired) electrons. The average molecular weight is 272 g/mol. The van der Waals surface area contributed by atoms with Crippen LogP contribution in [0, 0.1) is 17.6 Å². The smallest absolute Gasteiger partial charge is 0.221 e. The summed E-state index contributed by atoms with van der Waals surface area (Å²) < 4.78 is 26.2. The molecule has 1 amide bonds. The molecule has 1 aromatic rings. The molecule has 1 heterocycles. The summed E-state index contributed by atoms with van der Waals surface area (Å²) in [7, 11) is 0. The first-order valence-corrected chi connectivity index (χ1v) is 6.02. The fourth-order valence-corrected chi connectivity index (χ4v) is 1.31. The number of hydrogen-bond donors (Lipinski definition) is 3. The second kappa shape index (κ2) is 6.86. The number of nitrogen functional groups attached to an aromatic ring is 1. The summed E-state index contributed by atoms with van der Waals surface area (Å²) in [5.41, 5.74) is 5.23. The lowest BCUT2D eigenvalue weighted by molar-refractivity contribution is -0.120. The molecule has 0 saturated heterocycles. The van der Waals surface area contributed by atoms with Gasteiger partial charge in [0, 0.05) is 25.6 Å². The second-order valence-electron chi connectivity index (χ2n) is 4.56. The normalized spacial score (nSPS) is 10.6. The molecule has 0 unspecified atom stereocenters. The number of nitrogens with one attached hydrogen (secondary N) is 2. The van der Waals surface area contributed by atoms with Gasteiger partial charge < -0.3 is 16.4 Å². The van der Waals surface area contributed by atoms with E-state index in [1.165, 1.54) is 0 Å². The van der Waals surface area contributed by atoms with E-state index in [1.807, 2.05) is 13.8 Å². The molecule has 0 aliphatic heterocycles. The number of pyridine rings is 1. The highest BCUT2D eigenvalue weighted by molar-refractivity contribution is 5.76. The Balaban J connectivity index is 2.41. The predicted octanol–water partition coefficient (Wildman–Crippen LogP) is 1.52. The zero-order chi connectivity index (χ0) is 14.4. The van der Waals surface area contributed by atoms with Gasteiger partial charge in [-0.1, -0.05) is 13.8 Å². The van der Waals surface area contributed by atoms with Crippen molar-refractivity contribution in [2.75, 3.05) is 24.1 Å². The predicted molar refractivity (Wildman–Crippen MR) is 69.5 cm³/mol. The van der Waals surface area contributed by atoms with Gasteiger partial charge in [0.2, 0.25) is 5.91 Å². The van der Waals surface area contributed by atoms with Crippen molar-refractivity contribution in [1.29, 1.82) is 0 Å². The number of nitrogens with two attached hydrogens (primary N) is 1. The standard InChI is InChI=1S/C12H18F2N4O/c1-7(2)6-17-10(19)3-4-16-12-9(14)5-8(13)11(15)18-12/h5,7H,3-4,6H2,1-2H3,(H,17,19)(H3,15,16,18). The quantitative estimate of drug-likeness (QED) is 0.733. The van der Waals surface area contributed by atoms with Gasteiger partial charge in [-0.05, 0) is 5.92 Å². The molecule has 0 saturated carbocycles. The van der Waals surface area contributed by atoms with Crippen molar-refractivity contribution in [3.63, 3.8) is 0 Å². The van der Waals surface area contributed by atoms with E-state index in [0.29, 0.717) is 18.5 Å². The highest BCUT2D eigenvalue weighted by atomic mass is 19.1. The first-order chi connectivity index (χ1) is 8.90. The van der Waals surface area contributed by atoms with Crippen molar-refractivity contribution < 1.29 is 13.6 Å². The van der Waals surface area contributed by atoms with Crippen molar-refractivity contribution in [2.45, 2.75) is 20.3 Å². The van der Waals surface area contributed by atoms with Gasteiger partial charge in [0.05, 0.1) is 0 Å². The number of carbonyl (C=O) groups is 1. The first kappa shape index (κ1) is 15.1. The van der Waals surface area contributed by atoms with E-state index in [2.05, 4.69) is 15.6 Å². The molecule has 7 heteroatoms. The summed E-state index contributed by atoms with van der Waals surface area (Å²) >= 11 is 0. The Morgan fingerprint density at radius 3 is 2.74 bits per heavy atom. The lowest BCUT2D eigenvalue weighted by atomic mass is 10.2. The van der Waals surface area contributed by atoms with Crippen molar-refractivity contribution in [3.05, 3.63) is 17.7 Å². The first-order valence-electron chi connectivity index (χ1n) is 6.02. The number of aromatic nitrogens is 1. The number of hydrogen-bond acceptors (Lipinski definition) is 4. The Hall–Kier alpha value is -1.92. The van der Waals surface area contributed by atoms with Gasteiger partial charge in [0.15, 0.2) is 23.3 Å². The van der Waals surface area contributed by atoms with Gasteiger partial charge in [-0.15, -0.1) is 0 Å². The molecule has 1 aromatic heterocycles. The van der Waals surface area contributed by atoms with Crippen LogP contribution >= 0.6 is 0 Å². The third kappa shape index (κ3) is 5.07. The van der Waals surface area contributed by atoms with E-state index in [9.17, 15) is 13.6 Å². The van der Waals surface area contributed by atoms with Crippen molar-refractivity contribution >= 4 is 17.5 Å². The third-order valence-electron chi connectivity index (χ3n) is 2.31. The summed E-state index contributed by atoms with van der Waals surface area (Å²) in [6.45, 7) is 4.76. The number of amides is 1. The molecular formula is C12H18F2N4O. The zero-order valence-electron chi connectivity index (χ0n) is 11.0. The van der Waals surface area contributed by atoms with Crippen LogP contribution in [0.1, 0.15) is 20.3 Å². The Morgan fingerprint density at radius 2 is 2.11 bits per heavy atom. The van der Waals surface area contributed by atoms with Crippen molar-refractivity contribution in [2.24, 2.45) is 5.92 Å². The molecular weight excluding hydrogens is 254 g/mol. The van der Waals surface area contributed by atoms with E-state index >= 15 is 0 Å². The lowest BCUT2D eigenvalue weighted by Gasteiger charge is -2.09. The molecule has 0 aliphatic carbocycles. The fraction of sp³-hybridized carbons (Fsp3) is 0.500. The lowest BCUT2D eigenvalue weighted by Crippen LogP contribution is -2.28. The Bertz CT molecular complexity index is 452. The van der Waals surface area contributed by atoms with Crippen LogP contribution in [-0.2, 0) is 4.79 Å². The van der Waals surface area contributed by atoms with E-state index in [-0.39, 0.29) is 30.5 Å². The van der Waals surface area contributed by atoms with Crippen LogP contribution in [0.4, 0.5) is 20.4 Å². The van der Waals surface area contributed by atoms with Crippen molar-refractivity contribution in [3.8, 4) is 0 Å². The fourth-order valence-electron chi connectivity index (χ4n) is 1.31. The molecule has 0 aliphatic rings. The summed E-state index contributed by atoms with van der Waals surface area (Å²) in [6, 6.07) is 0.656. The number of rotatable bonds is 6. The molecule has 1 rings (SSSR count). The van der Waals surface area contributed by atoms with Crippen LogP contribution in [0.5, 0.6) is 0 Å². The monoisotopic (exact) mass is 272 g/mol. The largest absolute Gasteiger partial charge is 0.381 e. The van der Waals surface area contributed by atoms with Crippen LogP contribution in [0.15, 0.2) is 6.07 Å². The molecule has 19 heavy (non-hydrogen) atoms. The number of nitrogens with zero attached hydrogens (tertiary/aromatic N) is 1. The topological polar surface area (TPSA) is 80.0 Å². The van der Waals surface area contributed by atoms with Gasteiger partial charge in [-0.25, -0.2) is 13.8 Å². The average Bonchev–Trinajstić information content (AvgIpc) is 2.33. The van der Waals surface area contributed by atoms with Gasteiger partial charge in [-0.2, -0.15) is 0 Å². The van der Waals surface area contributed by atoms with E-state index in [1.54, 1.807) is 0 Å². The van der Waals surface area contributed by atoms with Crippen LogP contribution < -0.4 is 16.4 Å². The van der Waals surface area contributed by atoms with Crippen LogP contribution in [0.2, 0.25) is 0 Å². The van der Waals surface area contributed by atoms with E-state index in [0.717, 1.165) is 0 Å². The highest BCUT2D eigenvalue weighted by Gasteiger charge is 2.10. The maximum atomic E-state index is 13.3. The minimum Gasteiger partial charge on any atom is -0.381 e. The molecule has 5 nitrogen and oxygen atoms in total. The third-order valence-corrected chi connectivity index (χ3v) is 2.31. The summed E-state index contributed by atoms with van der Waals surface area (Å²) in [5, 5.41) is 5.33.